The van der Waals surface area contributed by atoms with Crippen LogP contribution in [0.25, 0.3) is 0 Å². The number of carbonyl (C=O) groups is 2. The third-order valence-electron chi connectivity index (χ3n) is 6.85. The van der Waals surface area contributed by atoms with Crippen molar-refractivity contribution in [2.24, 2.45) is 0 Å². The summed E-state index contributed by atoms with van der Waals surface area (Å²) < 4.78 is 6.82. The van der Waals surface area contributed by atoms with Crippen molar-refractivity contribution >= 4 is 27.7 Å². The molecule has 3 aromatic rings. The highest BCUT2D eigenvalue weighted by Gasteiger charge is 2.31. The van der Waals surface area contributed by atoms with Gasteiger partial charge in [0.1, 0.15) is 11.8 Å². The normalized spacial score (nSPS) is 12.1. The van der Waals surface area contributed by atoms with Crippen molar-refractivity contribution in [1.29, 1.82) is 0 Å². The molecule has 39 heavy (non-hydrogen) atoms. The zero-order chi connectivity index (χ0) is 28.4. The van der Waals surface area contributed by atoms with Gasteiger partial charge in [0.15, 0.2) is 6.61 Å². The molecule has 5 nitrogen and oxygen atoms in total. The fourth-order valence-corrected chi connectivity index (χ4v) is 4.83. The number of aryl methyl sites for hydroxylation is 1. The molecule has 1 atom stereocenters. The van der Waals surface area contributed by atoms with Gasteiger partial charge >= 0.3 is 0 Å². The summed E-state index contributed by atoms with van der Waals surface area (Å²) in [5.74, 6) is 0.209. The molecule has 0 spiro atoms. The van der Waals surface area contributed by atoms with Gasteiger partial charge in [-0.3, -0.25) is 9.59 Å². The Morgan fingerprint density at radius 1 is 1.00 bits per heavy atom. The molecule has 0 heterocycles. The number of halogens is 1. The van der Waals surface area contributed by atoms with E-state index >= 15 is 0 Å². The number of benzene rings is 3. The zero-order valence-electron chi connectivity index (χ0n) is 23.8. The van der Waals surface area contributed by atoms with Gasteiger partial charge in [-0.1, -0.05) is 94.8 Å². The average molecular weight is 594 g/mol. The van der Waals surface area contributed by atoms with Crippen LogP contribution in [0.3, 0.4) is 0 Å². The van der Waals surface area contributed by atoms with Crippen molar-refractivity contribution in [1.82, 2.24) is 10.2 Å². The predicted octanol–water partition coefficient (Wildman–Crippen LogP) is 6.99. The molecular formula is C33H41BrN2O3. The van der Waals surface area contributed by atoms with Crippen LogP contribution in [-0.4, -0.2) is 35.9 Å². The van der Waals surface area contributed by atoms with E-state index in [1.165, 1.54) is 5.56 Å². The number of amides is 2. The van der Waals surface area contributed by atoms with E-state index in [0.29, 0.717) is 25.3 Å². The summed E-state index contributed by atoms with van der Waals surface area (Å²) in [6.07, 6.45) is 2.28. The number of rotatable bonds is 12. The van der Waals surface area contributed by atoms with E-state index in [1.807, 2.05) is 79.7 Å². The second kappa shape index (κ2) is 14.3. The van der Waals surface area contributed by atoms with E-state index < -0.39 is 6.04 Å². The van der Waals surface area contributed by atoms with Gasteiger partial charge in [0.25, 0.3) is 5.91 Å². The van der Waals surface area contributed by atoms with Crippen LogP contribution in [0.15, 0.2) is 77.3 Å². The van der Waals surface area contributed by atoms with E-state index in [1.54, 1.807) is 4.90 Å². The maximum Gasteiger partial charge on any atom is 0.261 e. The van der Waals surface area contributed by atoms with Crippen LogP contribution in [0.2, 0.25) is 0 Å². The average Bonchev–Trinajstić information content (AvgIpc) is 2.91. The SMILES string of the molecule is CCCCNC(=O)C(Cc1ccccc1)N(Cc1ccccc1C)C(=O)COc1ccc(C(C)(C)C)cc1Br. The van der Waals surface area contributed by atoms with Crippen molar-refractivity contribution in [3.8, 4) is 5.75 Å². The lowest BCUT2D eigenvalue weighted by Gasteiger charge is -2.32. The lowest BCUT2D eigenvalue weighted by Crippen LogP contribution is -2.52. The molecule has 3 aromatic carbocycles. The Labute approximate surface area is 242 Å². The number of unbranched alkanes of at least 4 members (excludes halogenated alkanes) is 1. The predicted molar refractivity (Wildman–Crippen MR) is 162 cm³/mol. The van der Waals surface area contributed by atoms with Crippen LogP contribution >= 0.6 is 15.9 Å². The van der Waals surface area contributed by atoms with Gasteiger partial charge in [-0.25, -0.2) is 0 Å². The number of ether oxygens (including phenoxy) is 1. The number of carbonyl (C=O) groups excluding carboxylic acids is 2. The quantitative estimate of drug-likeness (QED) is 0.230. The van der Waals surface area contributed by atoms with E-state index in [9.17, 15) is 9.59 Å². The highest BCUT2D eigenvalue weighted by molar-refractivity contribution is 9.10. The van der Waals surface area contributed by atoms with Gasteiger partial charge in [-0.2, -0.15) is 0 Å². The Kier molecular flexibility index (Phi) is 11.2. The van der Waals surface area contributed by atoms with Crippen molar-refractivity contribution in [3.05, 3.63) is 99.5 Å². The van der Waals surface area contributed by atoms with Gasteiger partial charge in [-0.15, -0.1) is 0 Å². The molecule has 0 saturated heterocycles. The Bertz CT molecular complexity index is 1240. The third kappa shape index (κ3) is 8.96. The van der Waals surface area contributed by atoms with Gasteiger partial charge in [0, 0.05) is 19.5 Å². The molecule has 3 rings (SSSR count). The lowest BCUT2D eigenvalue weighted by molar-refractivity contribution is -0.142. The second-order valence-electron chi connectivity index (χ2n) is 11.0. The molecular weight excluding hydrogens is 552 g/mol. The summed E-state index contributed by atoms with van der Waals surface area (Å²) in [6.45, 7) is 11.3. The monoisotopic (exact) mass is 592 g/mol. The van der Waals surface area contributed by atoms with E-state index in [4.69, 9.17) is 4.74 Å². The summed E-state index contributed by atoms with van der Waals surface area (Å²) in [5, 5.41) is 3.06. The Morgan fingerprint density at radius 2 is 1.69 bits per heavy atom. The lowest BCUT2D eigenvalue weighted by atomic mass is 9.87. The Morgan fingerprint density at radius 3 is 2.33 bits per heavy atom. The van der Waals surface area contributed by atoms with E-state index in [0.717, 1.165) is 34.0 Å². The summed E-state index contributed by atoms with van der Waals surface area (Å²) in [7, 11) is 0. The summed E-state index contributed by atoms with van der Waals surface area (Å²) in [5.41, 5.74) is 4.23. The maximum absolute atomic E-state index is 13.8. The molecule has 0 fully saturated rings. The number of nitrogens with zero attached hydrogens (tertiary/aromatic N) is 1. The van der Waals surface area contributed by atoms with Crippen LogP contribution < -0.4 is 10.1 Å². The number of hydrogen-bond acceptors (Lipinski definition) is 3. The molecule has 0 aliphatic heterocycles. The van der Waals surface area contributed by atoms with Crippen molar-refractivity contribution in [3.63, 3.8) is 0 Å². The summed E-state index contributed by atoms with van der Waals surface area (Å²) >= 11 is 3.61. The smallest absolute Gasteiger partial charge is 0.261 e. The third-order valence-corrected chi connectivity index (χ3v) is 7.47. The molecule has 1 unspecified atom stereocenters. The topological polar surface area (TPSA) is 58.6 Å². The number of hydrogen-bond donors (Lipinski definition) is 1. The first-order valence-corrected chi connectivity index (χ1v) is 14.5. The van der Waals surface area contributed by atoms with Crippen LogP contribution in [0.4, 0.5) is 0 Å². The minimum atomic E-state index is -0.674. The van der Waals surface area contributed by atoms with Crippen LogP contribution in [0, 0.1) is 6.92 Å². The highest BCUT2D eigenvalue weighted by Crippen LogP contribution is 2.31. The summed E-state index contributed by atoms with van der Waals surface area (Å²) in [4.78, 5) is 29.1. The highest BCUT2D eigenvalue weighted by atomic mass is 79.9. The molecule has 2 amide bonds. The first kappa shape index (κ1) is 30.4. The zero-order valence-corrected chi connectivity index (χ0v) is 25.4. The van der Waals surface area contributed by atoms with E-state index in [-0.39, 0.29) is 23.8 Å². The molecule has 0 aliphatic rings. The van der Waals surface area contributed by atoms with Gasteiger partial charge in [0.05, 0.1) is 4.47 Å². The standard InChI is InChI=1S/C33H41BrN2O3/c1-6-7-19-35-32(38)29(20-25-14-9-8-10-15-25)36(22-26-16-12-11-13-24(26)2)31(37)23-39-30-18-17-27(21-28(30)34)33(3,4)5/h8-18,21,29H,6-7,19-20,22-23H2,1-5H3,(H,35,38). The van der Waals surface area contributed by atoms with Crippen molar-refractivity contribution in [2.75, 3.05) is 13.2 Å². The first-order valence-electron chi connectivity index (χ1n) is 13.7. The van der Waals surface area contributed by atoms with Gasteiger partial charge in [0.2, 0.25) is 5.91 Å². The van der Waals surface area contributed by atoms with Gasteiger partial charge < -0.3 is 15.0 Å². The van der Waals surface area contributed by atoms with Crippen molar-refractivity contribution < 1.29 is 14.3 Å². The van der Waals surface area contributed by atoms with Crippen LogP contribution in [0.1, 0.15) is 62.8 Å². The summed E-state index contributed by atoms with van der Waals surface area (Å²) in [6, 6.07) is 23.1. The molecule has 1 N–H and O–H groups in total. The maximum atomic E-state index is 13.8. The molecule has 6 heteroatoms. The minimum Gasteiger partial charge on any atom is -0.483 e. The van der Waals surface area contributed by atoms with Crippen LogP contribution in [-0.2, 0) is 28.0 Å². The fraction of sp³-hybridized carbons (Fsp3) is 0.394. The molecule has 0 aliphatic carbocycles. The second-order valence-corrected chi connectivity index (χ2v) is 11.8. The molecule has 0 saturated carbocycles. The largest absolute Gasteiger partial charge is 0.483 e. The number of nitrogens with one attached hydrogen (secondary N) is 1. The van der Waals surface area contributed by atoms with Crippen LogP contribution in [0.5, 0.6) is 5.75 Å². The fourth-order valence-electron chi connectivity index (χ4n) is 4.34. The Hall–Kier alpha value is -3.12. The minimum absolute atomic E-state index is 0.00297. The Balaban J connectivity index is 1.90. The first-order chi connectivity index (χ1) is 18.6. The van der Waals surface area contributed by atoms with E-state index in [2.05, 4.69) is 48.9 Å². The molecule has 0 bridgehead atoms. The molecule has 208 valence electrons. The van der Waals surface area contributed by atoms with Gasteiger partial charge in [-0.05, 0) is 69.1 Å². The van der Waals surface area contributed by atoms with Crippen molar-refractivity contribution in [2.45, 2.75) is 71.9 Å². The molecule has 0 aromatic heterocycles. The molecule has 0 radical (unpaired) electrons.